The van der Waals surface area contributed by atoms with Gasteiger partial charge in [0.05, 0.1) is 11.6 Å². The number of carbonyl (C=O) groups is 1. The lowest BCUT2D eigenvalue weighted by molar-refractivity contribution is -0.137. The summed E-state index contributed by atoms with van der Waals surface area (Å²) in [6.45, 7) is 1.27. The number of hydrogen-bond acceptors (Lipinski definition) is 2. The van der Waals surface area contributed by atoms with Gasteiger partial charge in [-0.05, 0) is 13.0 Å². The number of hydrogen-bond donors (Lipinski definition) is 0. The van der Waals surface area contributed by atoms with Crippen LogP contribution in [0.15, 0.2) is 24.3 Å². The third-order valence-corrected chi connectivity index (χ3v) is 2.08. The molecule has 0 amide bonds. The lowest BCUT2D eigenvalue weighted by Crippen LogP contribution is -2.16. The van der Waals surface area contributed by atoms with E-state index in [-0.39, 0.29) is 0 Å². The van der Waals surface area contributed by atoms with Crippen LogP contribution in [0.2, 0.25) is 0 Å². The van der Waals surface area contributed by atoms with Gasteiger partial charge in [-0.3, -0.25) is 4.79 Å². The topological polar surface area (TPSA) is 40.9 Å². The largest absolute Gasteiger partial charge is 0.417 e. The third kappa shape index (κ3) is 2.40. The average Bonchev–Trinajstić information content (AvgIpc) is 2.26. The van der Waals surface area contributed by atoms with Gasteiger partial charge < -0.3 is 0 Å². The zero-order chi connectivity index (χ0) is 12.3. The van der Waals surface area contributed by atoms with Crippen molar-refractivity contribution < 1.29 is 18.0 Å². The van der Waals surface area contributed by atoms with Crippen molar-refractivity contribution in [3.05, 3.63) is 35.4 Å². The number of benzene rings is 1. The smallest absolute Gasteiger partial charge is 0.293 e. The minimum atomic E-state index is -4.58. The summed E-state index contributed by atoms with van der Waals surface area (Å²) < 4.78 is 37.6. The van der Waals surface area contributed by atoms with E-state index in [1.807, 2.05) is 0 Å². The first kappa shape index (κ1) is 12.2. The molecular weight excluding hydrogens is 219 g/mol. The summed E-state index contributed by atoms with van der Waals surface area (Å²) in [5.41, 5.74) is -1.45. The Balaban J connectivity index is 3.26. The molecule has 1 unspecified atom stereocenters. The van der Waals surface area contributed by atoms with E-state index in [9.17, 15) is 18.0 Å². The molecule has 0 heterocycles. The van der Waals surface area contributed by atoms with Crippen LogP contribution >= 0.6 is 0 Å². The number of nitriles is 1. The predicted octanol–water partition coefficient (Wildman–Crippen LogP) is 3.05. The van der Waals surface area contributed by atoms with Gasteiger partial charge in [-0.2, -0.15) is 18.4 Å². The number of nitrogens with zero attached hydrogens (tertiary/aromatic N) is 1. The molecule has 1 atom stereocenters. The molecule has 0 aromatic heterocycles. The summed E-state index contributed by atoms with van der Waals surface area (Å²) in [5.74, 6) is -1.89. The van der Waals surface area contributed by atoms with Gasteiger partial charge in [0.15, 0.2) is 5.78 Å². The van der Waals surface area contributed by atoms with E-state index in [0.717, 1.165) is 12.1 Å². The Labute approximate surface area is 90.3 Å². The monoisotopic (exact) mass is 227 g/mol. The molecule has 0 aliphatic carbocycles. The minimum absolute atomic E-state index is 0.455. The lowest BCUT2D eigenvalue weighted by atomic mass is 9.96. The molecule has 5 heteroatoms. The SMILES string of the molecule is CC(C#N)C(=O)c1ccccc1C(F)(F)F. The van der Waals surface area contributed by atoms with Crippen molar-refractivity contribution in [2.45, 2.75) is 13.1 Å². The highest BCUT2D eigenvalue weighted by molar-refractivity contribution is 6.00. The molecule has 0 saturated carbocycles. The van der Waals surface area contributed by atoms with Gasteiger partial charge in [0.1, 0.15) is 5.92 Å². The van der Waals surface area contributed by atoms with Crippen molar-refractivity contribution in [2.24, 2.45) is 5.92 Å². The van der Waals surface area contributed by atoms with Gasteiger partial charge in [0.25, 0.3) is 0 Å². The van der Waals surface area contributed by atoms with Crippen LogP contribution in [0.5, 0.6) is 0 Å². The highest BCUT2D eigenvalue weighted by Crippen LogP contribution is 2.32. The van der Waals surface area contributed by atoms with Crippen LogP contribution in [-0.2, 0) is 6.18 Å². The quantitative estimate of drug-likeness (QED) is 0.728. The highest BCUT2D eigenvalue weighted by Gasteiger charge is 2.35. The van der Waals surface area contributed by atoms with Gasteiger partial charge in [0, 0.05) is 5.56 Å². The maximum absolute atomic E-state index is 12.5. The normalized spacial score (nSPS) is 12.9. The molecule has 0 spiro atoms. The molecule has 0 aliphatic rings. The van der Waals surface area contributed by atoms with Gasteiger partial charge in [-0.15, -0.1) is 0 Å². The standard InChI is InChI=1S/C11H8F3NO/c1-7(6-15)10(16)8-4-2-3-5-9(8)11(12,13)14/h2-5,7H,1H3. The molecule has 2 nitrogen and oxygen atoms in total. The Hall–Kier alpha value is -1.83. The fraction of sp³-hybridized carbons (Fsp3) is 0.273. The van der Waals surface area contributed by atoms with Crippen LogP contribution in [0.1, 0.15) is 22.8 Å². The summed E-state index contributed by atoms with van der Waals surface area (Å²) in [5, 5.41) is 8.51. The van der Waals surface area contributed by atoms with Crippen molar-refractivity contribution in [3.8, 4) is 6.07 Å². The molecule has 0 aliphatic heterocycles. The Bertz CT molecular complexity index is 445. The second-order valence-electron chi connectivity index (χ2n) is 3.26. The Morgan fingerprint density at radius 3 is 2.44 bits per heavy atom. The molecule has 0 fully saturated rings. The first-order valence-electron chi connectivity index (χ1n) is 4.48. The van der Waals surface area contributed by atoms with Crippen molar-refractivity contribution in [2.75, 3.05) is 0 Å². The Morgan fingerprint density at radius 1 is 1.38 bits per heavy atom. The van der Waals surface area contributed by atoms with E-state index in [1.54, 1.807) is 6.07 Å². The van der Waals surface area contributed by atoms with Crippen LogP contribution in [0.3, 0.4) is 0 Å². The second-order valence-corrected chi connectivity index (χ2v) is 3.26. The van der Waals surface area contributed by atoms with Crippen LogP contribution in [0, 0.1) is 17.2 Å². The van der Waals surface area contributed by atoms with Crippen molar-refractivity contribution in [1.29, 1.82) is 5.26 Å². The van der Waals surface area contributed by atoms with Crippen LogP contribution in [-0.4, -0.2) is 5.78 Å². The van der Waals surface area contributed by atoms with E-state index in [2.05, 4.69) is 0 Å². The maximum Gasteiger partial charge on any atom is 0.417 e. The Morgan fingerprint density at radius 2 is 1.94 bits per heavy atom. The molecule has 0 N–H and O–H groups in total. The van der Waals surface area contributed by atoms with Crippen molar-refractivity contribution >= 4 is 5.78 Å². The number of rotatable bonds is 2. The molecular formula is C11H8F3NO. The zero-order valence-electron chi connectivity index (χ0n) is 8.38. The van der Waals surface area contributed by atoms with Gasteiger partial charge >= 0.3 is 6.18 Å². The van der Waals surface area contributed by atoms with E-state index < -0.39 is 29.0 Å². The first-order valence-corrected chi connectivity index (χ1v) is 4.48. The first-order chi connectivity index (χ1) is 7.38. The average molecular weight is 227 g/mol. The fourth-order valence-corrected chi connectivity index (χ4v) is 1.24. The summed E-state index contributed by atoms with van der Waals surface area (Å²) >= 11 is 0. The molecule has 16 heavy (non-hydrogen) atoms. The van der Waals surface area contributed by atoms with Crippen molar-refractivity contribution in [1.82, 2.24) is 0 Å². The van der Waals surface area contributed by atoms with Crippen LogP contribution < -0.4 is 0 Å². The number of carbonyl (C=O) groups excluding carboxylic acids is 1. The Kier molecular flexibility index (Phi) is 3.33. The molecule has 1 aromatic carbocycles. The van der Waals surface area contributed by atoms with Gasteiger partial charge in [-0.25, -0.2) is 0 Å². The maximum atomic E-state index is 12.5. The molecule has 84 valence electrons. The van der Waals surface area contributed by atoms with Gasteiger partial charge in [-0.1, -0.05) is 18.2 Å². The van der Waals surface area contributed by atoms with Crippen molar-refractivity contribution in [3.63, 3.8) is 0 Å². The molecule has 0 radical (unpaired) electrons. The number of ketones is 1. The minimum Gasteiger partial charge on any atom is -0.293 e. The lowest BCUT2D eigenvalue weighted by Gasteiger charge is -2.12. The third-order valence-electron chi connectivity index (χ3n) is 2.08. The highest BCUT2D eigenvalue weighted by atomic mass is 19.4. The summed E-state index contributed by atoms with van der Waals surface area (Å²) in [6, 6.07) is 6.08. The number of halogens is 3. The predicted molar refractivity (Wildman–Crippen MR) is 50.6 cm³/mol. The van der Waals surface area contributed by atoms with Crippen LogP contribution in [0.25, 0.3) is 0 Å². The number of Topliss-reactive ketones (excluding diaryl/α,β-unsaturated/α-hetero) is 1. The second kappa shape index (κ2) is 4.35. The zero-order valence-corrected chi connectivity index (χ0v) is 8.38. The van der Waals surface area contributed by atoms with E-state index in [0.29, 0.717) is 0 Å². The molecule has 1 aromatic rings. The van der Waals surface area contributed by atoms with E-state index >= 15 is 0 Å². The van der Waals surface area contributed by atoms with E-state index in [4.69, 9.17) is 5.26 Å². The fourth-order valence-electron chi connectivity index (χ4n) is 1.24. The summed E-state index contributed by atoms with van der Waals surface area (Å²) in [6.07, 6.45) is -4.58. The molecule has 0 bridgehead atoms. The molecule has 1 rings (SSSR count). The summed E-state index contributed by atoms with van der Waals surface area (Å²) in [7, 11) is 0. The molecule has 0 saturated heterocycles. The number of alkyl halides is 3. The van der Waals surface area contributed by atoms with Crippen LogP contribution in [0.4, 0.5) is 13.2 Å². The summed E-state index contributed by atoms with van der Waals surface area (Å²) in [4.78, 5) is 11.5. The van der Waals surface area contributed by atoms with E-state index in [1.165, 1.54) is 19.1 Å². The van der Waals surface area contributed by atoms with Gasteiger partial charge in [0.2, 0.25) is 0 Å².